The largest absolute Gasteiger partial charge is 0.480 e. The number of nitrogens with one attached hydrogen (secondary N) is 1. The van der Waals surface area contributed by atoms with Crippen LogP contribution in [0.4, 0.5) is 0 Å². The predicted octanol–water partition coefficient (Wildman–Crippen LogP) is 1.28. The molecule has 0 aromatic heterocycles. The molecule has 1 aliphatic heterocycles. The molecule has 1 atom stereocenters. The third-order valence-corrected chi connectivity index (χ3v) is 3.46. The van der Waals surface area contributed by atoms with Crippen LogP contribution in [0.1, 0.15) is 39.0 Å². The lowest BCUT2D eigenvalue weighted by Crippen LogP contribution is -2.49. The van der Waals surface area contributed by atoms with Gasteiger partial charge in [0.05, 0.1) is 13.2 Å². The van der Waals surface area contributed by atoms with Crippen molar-refractivity contribution >= 4 is 24.3 Å². The second kappa shape index (κ2) is 11.8. The number of amides is 1. The zero-order valence-corrected chi connectivity index (χ0v) is 13.5. The molecular weight excluding hydrogens is 296 g/mol. The van der Waals surface area contributed by atoms with E-state index in [2.05, 4.69) is 12.2 Å². The van der Waals surface area contributed by atoms with Crippen LogP contribution in [-0.4, -0.2) is 60.8 Å². The van der Waals surface area contributed by atoms with Gasteiger partial charge in [-0.15, -0.1) is 12.4 Å². The van der Waals surface area contributed by atoms with Crippen molar-refractivity contribution in [2.45, 2.75) is 45.1 Å². The maximum Gasteiger partial charge on any atom is 0.320 e. The molecule has 1 fully saturated rings. The molecule has 2 N–H and O–H groups in total. The summed E-state index contributed by atoms with van der Waals surface area (Å²) in [6.07, 6.45) is 4.63. The average Bonchev–Trinajstić information content (AvgIpc) is 2.43. The maximum atomic E-state index is 11.8. The van der Waals surface area contributed by atoms with Gasteiger partial charge < -0.3 is 15.2 Å². The van der Waals surface area contributed by atoms with Gasteiger partial charge in [-0.3, -0.25) is 14.5 Å². The van der Waals surface area contributed by atoms with Crippen LogP contribution in [0.25, 0.3) is 0 Å². The van der Waals surface area contributed by atoms with E-state index in [1.54, 1.807) is 4.90 Å². The van der Waals surface area contributed by atoms with Gasteiger partial charge in [-0.1, -0.05) is 19.8 Å². The van der Waals surface area contributed by atoms with E-state index in [4.69, 9.17) is 9.84 Å². The van der Waals surface area contributed by atoms with Crippen molar-refractivity contribution in [3.05, 3.63) is 0 Å². The van der Waals surface area contributed by atoms with Crippen molar-refractivity contribution in [2.24, 2.45) is 0 Å². The predicted molar refractivity (Wildman–Crippen MR) is 82.8 cm³/mol. The van der Waals surface area contributed by atoms with Crippen molar-refractivity contribution in [1.82, 2.24) is 10.2 Å². The Kier molecular flexibility index (Phi) is 11.3. The highest BCUT2D eigenvalue weighted by atomic mass is 35.5. The molecule has 1 heterocycles. The van der Waals surface area contributed by atoms with Gasteiger partial charge in [0, 0.05) is 13.2 Å². The molecule has 0 spiro atoms. The van der Waals surface area contributed by atoms with E-state index in [1.165, 1.54) is 0 Å². The summed E-state index contributed by atoms with van der Waals surface area (Å²) in [5, 5.41) is 11.9. The van der Waals surface area contributed by atoms with Crippen LogP contribution in [0, 0.1) is 0 Å². The van der Waals surface area contributed by atoms with Crippen LogP contribution in [0.3, 0.4) is 0 Å². The lowest BCUT2D eigenvalue weighted by molar-refractivity contribution is -0.145. The topological polar surface area (TPSA) is 78.9 Å². The maximum absolute atomic E-state index is 11.8. The molecule has 0 saturated carbocycles. The zero-order valence-electron chi connectivity index (χ0n) is 12.7. The summed E-state index contributed by atoms with van der Waals surface area (Å²) in [6, 6.07) is -0.518. The molecule has 1 rings (SSSR count). The minimum absolute atomic E-state index is 0. The van der Waals surface area contributed by atoms with Crippen LogP contribution in [-0.2, 0) is 14.3 Å². The van der Waals surface area contributed by atoms with E-state index in [0.29, 0.717) is 26.1 Å². The molecule has 1 aliphatic rings. The van der Waals surface area contributed by atoms with E-state index in [9.17, 15) is 9.59 Å². The van der Waals surface area contributed by atoms with Crippen LogP contribution >= 0.6 is 12.4 Å². The minimum Gasteiger partial charge on any atom is -0.480 e. The number of nitrogens with zero attached hydrogens (tertiary/aromatic N) is 1. The number of hydrogen-bond acceptors (Lipinski definition) is 4. The Morgan fingerprint density at radius 3 is 2.76 bits per heavy atom. The highest BCUT2D eigenvalue weighted by Crippen LogP contribution is 2.16. The van der Waals surface area contributed by atoms with Gasteiger partial charge >= 0.3 is 5.97 Å². The van der Waals surface area contributed by atoms with Gasteiger partial charge in [0.15, 0.2) is 0 Å². The first-order valence-electron chi connectivity index (χ1n) is 7.46. The summed E-state index contributed by atoms with van der Waals surface area (Å²) in [5.41, 5.74) is 0. The number of carbonyl (C=O) groups is 2. The Hall–Kier alpha value is -0.850. The SMILES string of the molecule is CCCCOCCNC(=O)CN1CCCCC1C(=O)O.Cl. The quantitative estimate of drug-likeness (QED) is 0.625. The Balaban J connectivity index is 0.00000400. The smallest absolute Gasteiger partial charge is 0.320 e. The summed E-state index contributed by atoms with van der Waals surface area (Å²) < 4.78 is 5.35. The molecule has 1 saturated heterocycles. The number of rotatable bonds is 9. The van der Waals surface area contributed by atoms with Gasteiger partial charge in [0.2, 0.25) is 5.91 Å². The van der Waals surface area contributed by atoms with Crippen LogP contribution in [0.5, 0.6) is 0 Å². The molecule has 0 aliphatic carbocycles. The third kappa shape index (κ3) is 8.24. The fraction of sp³-hybridized carbons (Fsp3) is 0.857. The Morgan fingerprint density at radius 1 is 1.33 bits per heavy atom. The van der Waals surface area contributed by atoms with E-state index in [0.717, 1.165) is 32.3 Å². The first-order chi connectivity index (χ1) is 9.65. The second-order valence-corrected chi connectivity index (χ2v) is 5.14. The van der Waals surface area contributed by atoms with E-state index in [-0.39, 0.29) is 24.9 Å². The highest BCUT2D eigenvalue weighted by molar-refractivity contribution is 5.85. The summed E-state index contributed by atoms with van der Waals surface area (Å²) in [6.45, 7) is 4.65. The Bertz CT molecular complexity index is 315. The molecule has 124 valence electrons. The molecule has 1 amide bonds. The molecule has 0 aromatic rings. The first-order valence-corrected chi connectivity index (χ1v) is 7.46. The van der Waals surface area contributed by atoms with Crippen molar-refractivity contribution in [3.63, 3.8) is 0 Å². The number of unbranched alkanes of at least 4 members (excludes halogenated alkanes) is 1. The fourth-order valence-corrected chi connectivity index (χ4v) is 2.31. The lowest BCUT2D eigenvalue weighted by atomic mass is 10.0. The molecule has 21 heavy (non-hydrogen) atoms. The number of aliphatic carboxylic acids is 1. The van der Waals surface area contributed by atoms with E-state index >= 15 is 0 Å². The molecule has 0 radical (unpaired) electrons. The van der Waals surface area contributed by atoms with Crippen LogP contribution in [0.2, 0.25) is 0 Å². The normalized spacial score (nSPS) is 18.8. The lowest BCUT2D eigenvalue weighted by Gasteiger charge is -2.32. The van der Waals surface area contributed by atoms with Gasteiger partial charge in [0.1, 0.15) is 6.04 Å². The van der Waals surface area contributed by atoms with Gasteiger partial charge in [-0.2, -0.15) is 0 Å². The van der Waals surface area contributed by atoms with Crippen LogP contribution in [0.15, 0.2) is 0 Å². The van der Waals surface area contributed by atoms with Gasteiger partial charge in [-0.25, -0.2) is 0 Å². The number of ether oxygens (including phenoxy) is 1. The fourth-order valence-electron chi connectivity index (χ4n) is 2.31. The highest BCUT2D eigenvalue weighted by Gasteiger charge is 2.29. The van der Waals surface area contributed by atoms with Crippen molar-refractivity contribution in [1.29, 1.82) is 0 Å². The van der Waals surface area contributed by atoms with E-state index < -0.39 is 12.0 Å². The number of likely N-dealkylation sites (tertiary alicyclic amines) is 1. The Labute approximate surface area is 132 Å². The third-order valence-electron chi connectivity index (χ3n) is 3.46. The van der Waals surface area contributed by atoms with E-state index in [1.807, 2.05) is 0 Å². The molecule has 0 aromatic carbocycles. The van der Waals surface area contributed by atoms with Crippen LogP contribution < -0.4 is 5.32 Å². The molecule has 6 nitrogen and oxygen atoms in total. The minimum atomic E-state index is -0.833. The molecular formula is C14H27ClN2O4. The molecule has 0 bridgehead atoms. The molecule has 1 unspecified atom stereocenters. The number of halogens is 1. The van der Waals surface area contributed by atoms with Crippen molar-refractivity contribution < 1.29 is 19.4 Å². The average molecular weight is 323 g/mol. The summed E-state index contributed by atoms with van der Waals surface area (Å²) in [7, 11) is 0. The summed E-state index contributed by atoms with van der Waals surface area (Å²) in [5.74, 6) is -0.961. The number of piperidine rings is 1. The standard InChI is InChI=1S/C14H26N2O4.ClH/c1-2-3-9-20-10-7-15-13(17)11-16-8-5-4-6-12(16)14(18)19;/h12H,2-11H2,1H3,(H,15,17)(H,18,19);1H. The zero-order chi connectivity index (χ0) is 14.8. The number of carboxylic acid groups (broad SMARTS) is 1. The van der Waals surface area contributed by atoms with Gasteiger partial charge in [0.25, 0.3) is 0 Å². The second-order valence-electron chi connectivity index (χ2n) is 5.14. The van der Waals surface area contributed by atoms with Crippen molar-refractivity contribution in [2.75, 3.05) is 32.8 Å². The van der Waals surface area contributed by atoms with Gasteiger partial charge in [-0.05, 0) is 25.8 Å². The first kappa shape index (κ1) is 20.1. The molecule has 7 heteroatoms. The summed E-state index contributed by atoms with van der Waals surface area (Å²) >= 11 is 0. The monoisotopic (exact) mass is 322 g/mol. The van der Waals surface area contributed by atoms with Crippen molar-refractivity contribution in [3.8, 4) is 0 Å². The Morgan fingerprint density at radius 2 is 2.10 bits per heavy atom. The number of carbonyl (C=O) groups excluding carboxylic acids is 1. The number of hydrogen-bond donors (Lipinski definition) is 2. The summed E-state index contributed by atoms with van der Waals surface area (Å²) in [4.78, 5) is 24.6. The number of carboxylic acids is 1.